The summed E-state index contributed by atoms with van der Waals surface area (Å²) in [5, 5.41) is 14.2. The number of hydrogen-bond donors (Lipinski definition) is 3. The molecule has 1 aliphatic heterocycles. The molecule has 2 aromatic carbocycles. The molecule has 0 spiro atoms. The van der Waals surface area contributed by atoms with Crippen LogP contribution in [0.3, 0.4) is 0 Å². The molecular formula is C28H31N3O5. The number of likely N-dealkylation sites (tertiary alicyclic amines) is 1. The molecule has 2 heterocycles. The number of H-pyrrole nitrogens is 1. The average molecular weight is 490 g/mol. The Kier molecular flexibility index (Phi) is 7.43. The van der Waals surface area contributed by atoms with Crippen LogP contribution in [0.1, 0.15) is 51.7 Å². The second-order valence-corrected chi connectivity index (χ2v) is 9.03. The summed E-state index contributed by atoms with van der Waals surface area (Å²) in [4.78, 5) is 43.0. The summed E-state index contributed by atoms with van der Waals surface area (Å²) in [5.41, 5.74) is 2.08. The van der Waals surface area contributed by atoms with Crippen LogP contribution in [-0.4, -0.2) is 53.0 Å². The number of benzene rings is 2. The van der Waals surface area contributed by atoms with Gasteiger partial charge in [-0.1, -0.05) is 43.7 Å². The maximum absolute atomic E-state index is 13.3. The van der Waals surface area contributed by atoms with Crippen molar-refractivity contribution in [3.8, 4) is 22.6 Å². The molecule has 8 heteroatoms. The Bertz CT molecular complexity index is 1330. The Hall–Kier alpha value is -4.07. The number of pyridine rings is 1. The molecule has 4 rings (SSSR count). The number of aromatic hydroxyl groups is 1. The van der Waals surface area contributed by atoms with Crippen LogP contribution >= 0.6 is 0 Å². The summed E-state index contributed by atoms with van der Waals surface area (Å²) in [5.74, 6) is -0.599. The lowest BCUT2D eigenvalue weighted by Crippen LogP contribution is -2.61. The summed E-state index contributed by atoms with van der Waals surface area (Å²) >= 11 is 0. The van der Waals surface area contributed by atoms with E-state index in [-0.39, 0.29) is 36.4 Å². The normalized spacial score (nSPS) is 13.2. The summed E-state index contributed by atoms with van der Waals surface area (Å²) in [6.07, 6.45) is 2.24. The maximum Gasteiger partial charge on any atom is 0.264 e. The zero-order valence-electron chi connectivity index (χ0n) is 20.8. The molecule has 36 heavy (non-hydrogen) atoms. The highest BCUT2D eigenvalue weighted by Gasteiger charge is 2.36. The van der Waals surface area contributed by atoms with Crippen LogP contribution in [0.4, 0.5) is 0 Å². The number of unbranched alkanes of at least 4 members (excludes halogenated alkanes) is 1. The number of methoxy groups -OCH3 is 1. The molecule has 0 radical (unpaired) electrons. The molecule has 0 saturated carbocycles. The summed E-state index contributed by atoms with van der Waals surface area (Å²) < 4.78 is 5.55. The van der Waals surface area contributed by atoms with Gasteiger partial charge in [0.2, 0.25) is 0 Å². The first-order valence-corrected chi connectivity index (χ1v) is 12.1. The fourth-order valence-corrected chi connectivity index (χ4v) is 4.53. The number of carbonyl (C=O) groups is 2. The van der Waals surface area contributed by atoms with E-state index in [0.717, 1.165) is 18.4 Å². The van der Waals surface area contributed by atoms with E-state index in [1.807, 2.05) is 32.0 Å². The lowest BCUT2D eigenvalue weighted by Gasteiger charge is -2.39. The van der Waals surface area contributed by atoms with Crippen molar-refractivity contribution in [2.24, 2.45) is 0 Å². The Morgan fingerprint density at radius 3 is 2.50 bits per heavy atom. The fraction of sp³-hybridized carbons (Fsp3) is 0.321. The van der Waals surface area contributed by atoms with Crippen LogP contribution < -0.4 is 15.6 Å². The summed E-state index contributed by atoms with van der Waals surface area (Å²) in [6.45, 7) is 4.43. The molecule has 3 aromatic rings. The maximum atomic E-state index is 13.3. The summed E-state index contributed by atoms with van der Waals surface area (Å²) in [7, 11) is 1.54. The first-order valence-electron chi connectivity index (χ1n) is 12.1. The molecule has 8 nitrogen and oxygen atoms in total. The molecule has 0 atom stereocenters. The van der Waals surface area contributed by atoms with E-state index in [1.54, 1.807) is 37.4 Å². The standard InChI is InChI=1S/C28H31N3O5/c1-4-5-13-20-23(22-17(2)10-9-14-21(22)36-3)25(32)24(27(34)30-20)28(35)31-15-19(16-31)29-26(33)18-11-7-6-8-12-18/h6-12,14,19H,4-5,13,15-16H2,1-3H3,(H,29,33)(H2,30,32,34). The number of nitrogens with one attached hydrogen (secondary N) is 2. The van der Waals surface area contributed by atoms with Crippen molar-refractivity contribution in [2.45, 2.75) is 39.2 Å². The third kappa shape index (κ3) is 4.84. The van der Waals surface area contributed by atoms with Gasteiger partial charge < -0.3 is 25.0 Å². The van der Waals surface area contributed by atoms with Crippen LogP contribution in [-0.2, 0) is 6.42 Å². The second kappa shape index (κ2) is 10.7. The number of amides is 2. The van der Waals surface area contributed by atoms with Crippen molar-refractivity contribution in [3.05, 3.63) is 81.3 Å². The molecule has 0 aliphatic carbocycles. The van der Waals surface area contributed by atoms with Gasteiger partial charge in [0.25, 0.3) is 17.4 Å². The lowest BCUT2D eigenvalue weighted by atomic mass is 9.93. The third-order valence-electron chi connectivity index (χ3n) is 6.51. The third-order valence-corrected chi connectivity index (χ3v) is 6.51. The van der Waals surface area contributed by atoms with Crippen molar-refractivity contribution in [3.63, 3.8) is 0 Å². The average Bonchev–Trinajstić information content (AvgIpc) is 2.85. The van der Waals surface area contributed by atoms with E-state index in [0.29, 0.717) is 34.6 Å². The largest absolute Gasteiger partial charge is 0.506 e. The smallest absolute Gasteiger partial charge is 0.264 e. The predicted octanol–water partition coefficient (Wildman–Crippen LogP) is 3.66. The Labute approximate surface area is 209 Å². The first-order chi connectivity index (χ1) is 17.3. The number of aromatic amines is 1. The van der Waals surface area contributed by atoms with Gasteiger partial charge in [-0.3, -0.25) is 14.4 Å². The van der Waals surface area contributed by atoms with Gasteiger partial charge in [-0.2, -0.15) is 0 Å². The summed E-state index contributed by atoms with van der Waals surface area (Å²) in [6, 6.07) is 14.1. The van der Waals surface area contributed by atoms with E-state index < -0.39 is 11.5 Å². The number of aryl methyl sites for hydroxylation is 2. The van der Waals surface area contributed by atoms with Crippen molar-refractivity contribution < 1.29 is 19.4 Å². The number of carbonyl (C=O) groups excluding carboxylic acids is 2. The van der Waals surface area contributed by atoms with E-state index in [1.165, 1.54) is 4.90 Å². The van der Waals surface area contributed by atoms with E-state index >= 15 is 0 Å². The predicted molar refractivity (Wildman–Crippen MR) is 138 cm³/mol. The van der Waals surface area contributed by atoms with Gasteiger partial charge in [-0.25, -0.2) is 0 Å². The molecule has 188 valence electrons. The van der Waals surface area contributed by atoms with Crippen LogP contribution in [0.5, 0.6) is 11.5 Å². The molecule has 3 N–H and O–H groups in total. The van der Waals surface area contributed by atoms with Gasteiger partial charge in [0, 0.05) is 35.5 Å². The number of hydrogen-bond acceptors (Lipinski definition) is 5. The first kappa shape index (κ1) is 25.0. The molecule has 1 fully saturated rings. The number of ether oxygens (including phenoxy) is 1. The SMILES string of the molecule is CCCCc1[nH]c(=O)c(C(=O)N2CC(NC(=O)c3ccccc3)C2)c(O)c1-c1c(C)cccc1OC. The Morgan fingerprint density at radius 1 is 1.11 bits per heavy atom. The molecule has 1 aromatic heterocycles. The van der Waals surface area contributed by atoms with Crippen LogP contribution in [0.25, 0.3) is 11.1 Å². The van der Waals surface area contributed by atoms with E-state index in [2.05, 4.69) is 10.3 Å². The van der Waals surface area contributed by atoms with Gasteiger partial charge in [-0.05, 0) is 43.5 Å². The Morgan fingerprint density at radius 2 is 1.83 bits per heavy atom. The minimum absolute atomic E-state index is 0.220. The minimum Gasteiger partial charge on any atom is -0.506 e. The van der Waals surface area contributed by atoms with Gasteiger partial charge in [-0.15, -0.1) is 0 Å². The van der Waals surface area contributed by atoms with Crippen LogP contribution in [0.15, 0.2) is 53.3 Å². The Balaban J connectivity index is 1.63. The fourth-order valence-electron chi connectivity index (χ4n) is 4.53. The van der Waals surface area contributed by atoms with Gasteiger partial charge in [0.05, 0.1) is 13.2 Å². The number of rotatable bonds is 8. The van der Waals surface area contributed by atoms with Crippen molar-refractivity contribution >= 4 is 11.8 Å². The van der Waals surface area contributed by atoms with Gasteiger partial charge >= 0.3 is 0 Å². The van der Waals surface area contributed by atoms with Crippen LogP contribution in [0.2, 0.25) is 0 Å². The minimum atomic E-state index is -0.628. The van der Waals surface area contributed by atoms with E-state index in [4.69, 9.17) is 4.74 Å². The highest BCUT2D eigenvalue weighted by atomic mass is 16.5. The van der Waals surface area contributed by atoms with Gasteiger partial charge in [0.15, 0.2) is 0 Å². The highest BCUT2D eigenvalue weighted by molar-refractivity contribution is 6.00. The van der Waals surface area contributed by atoms with Gasteiger partial charge in [0.1, 0.15) is 17.1 Å². The van der Waals surface area contributed by atoms with Crippen LogP contribution in [0, 0.1) is 6.92 Å². The van der Waals surface area contributed by atoms with E-state index in [9.17, 15) is 19.5 Å². The zero-order chi connectivity index (χ0) is 25.8. The molecule has 1 saturated heterocycles. The van der Waals surface area contributed by atoms with Crippen molar-refractivity contribution in [1.82, 2.24) is 15.2 Å². The number of nitrogens with zero attached hydrogens (tertiary/aromatic N) is 1. The quantitative estimate of drug-likeness (QED) is 0.447. The highest BCUT2D eigenvalue weighted by Crippen LogP contribution is 2.41. The molecule has 0 unspecified atom stereocenters. The zero-order valence-corrected chi connectivity index (χ0v) is 20.8. The topological polar surface area (TPSA) is 112 Å². The molecule has 2 amide bonds. The molecule has 1 aliphatic rings. The second-order valence-electron chi connectivity index (χ2n) is 9.03. The van der Waals surface area contributed by atoms with Crippen molar-refractivity contribution in [1.29, 1.82) is 0 Å². The lowest BCUT2D eigenvalue weighted by molar-refractivity contribution is 0.0538. The monoisotopic (exact) mass is 489 g/mol. The molecule has 0 bridgehead atoms. The molecular weight excluding hydrogens is 458 g/mol. The number of aromatic nitrogens is 1. The van der Waals surface area contributed by atoms with Crippen molar-refractivity contribution in [2.75, 3.05) is 20.2 Å².